The summed E-state index contributed by atoms with van der Waals surface area (Å²) in [4.78, 5) is 19.7. The summed E-state index contributed by atoms with van der Waals surface area (Å²) in [6.45, 7) is 0. The number of hydrogen-bond acceptors (Lipinski definition) is 8. The first-order chi connectivity index (χ1) is 15.3. The number of phenols is 1. The van der Waals surface area contributed by atoms with Crippen LogP contribution in [0.15, 0.2) is 28.8 Å². The van der Waals surface area contributed by atoms with Crippen molar-refractivity contribution in [3.63, 3.8) is 0 Å². The Bertz CT molecular complexity index is 1160. The number of nitrogens with one attached hydrogen (secondary N) is 1. The monoisotopic (exact) mass is 440 g/mol. The first-order valence-corrected chi connectivity index (χ1v) is 10.6. The van der Waals surface area contributed by atoms with Gasteiger partial charge in [-0.3, -0.25) is 4.79 Å². The molecule has 4 atom stereocenters. The Hall–Kier alpha value is -3.27. The molecule has 2 bridgehead atoms. The number of nitrogens with zero attached hydrogens (tertiary/aromatic N) is 5. The van der Waals surface area contributed by atoms with E-state index in [1.54, 1.807) is 38.2 Å². The first-order valence-electron chi connectivity index (χ1n) is 10.6. The van der Waals surface area contributed by atoms with E-state index >= 15 is 0 Å². The average Bonchev–Trinajstić information content (AvgIpc) is 3.39. The fourth-order valence-corrected chi connectivity index (χ4v) is 4.66. The molecular formula is C22H25FN6O3. The molecular weight excluding hydrogens is 415 g/mol. The highest BCUT2D eigenvalue weighted by Crippen LogP contribution is 2.35. The molecule has 9 nitrogen and oxygen atoms in total. The molecule has 10 heteroatoms. The number of hydrogen-bond donors (Lipinski definition) is 2. The van der Waals surface area contributed by atoms with E-state index in [-0.39, 0.29) is 29.5 Å². The minimum atomic E-state index is -0.994. The topological polar surface area (TPSA) is 108 Å². The Kier molecular flexibility index (Phi) is 4.96. The van der Waals surface area contributed by atoms with Crippen LogP contribution in [-0.4, -0.2) is 76.5 Å². The zero-order valence-electron chi connectivity index (χ0n) is 18.1. The standard InChI is InChI=1S/C22H25FN6O3/c1-28(2)21(31)19-7-11-6-17(30)13(9-18(11)32-19)15-10-24-22(27-26-15)29(3)16-8-12-4-5-14(25-12)20(16)23/h6-7,9-10,12,14,16,20,25,30H,4-5,8H2,1-3H3/t12-,14+,16-,20+/m0/s1. The molecule has 4 heterocycles. The Morgan fingerprint density at radius 1 is 1.22 bits per heavy atom. The zero-order chi connectivity index (χ0) is 22.6. The number of amides is 1. The van der Waals surface area contributed by atoms with Gasteiger partial charge < -0.3 is 24.6 Å². The molecule has 2 aromatic heterocycles. The lowest BCUT2D eigenvalue weighted by molar-refractivity contribution is 0.0799. The number of alkyl halides is 1. The Labute approximate surface area is 184 Å². The van der Waals surface area contributed by atoms with Crippen LogP contribution in [0.1, 0.15) is 29.8 Å². The Balaban J connectivity index is 1.41. The van der Waals surface area contributed by atoms with Gasteiger partial charge in [0.1, 0.15) is 23.2 Å². The van der Waals surface area contributed by atoms with Crippen LogP contribution in [0, 0.1) is 0 Å². The summed E-state index contributed by atoms with van der Waals surface area (Å²) in [5.74, 6) is 0.214. The van der Waals surface area contributed by atoms with Crippen molar-refractivity contribution >= 4 is 22.8 Å². The third-order valence-corrected chi connectivity index (χ3v) is 6.44. The van der Waals surface area contributed by atoms with Gasteiger partial charge in [-0.05, 0) is 37.5 Å². The van der Waals surface area contributed by atoms with Crippen molar-refractivity contribution in [2.45, 2.75) is 43.6 Å². The number of carbonyl (C=O) groups excluding carboxylic acids is 1. The van der Waals surface area contributed by atoms with E-state index in [9.17, 15) is 14.3 Å². The largest absolute Gasteiger partial charge is 0.507 e. The van der Waals surface area contributed by atoms with Crippen LogP contribution in [0.25, 0.3) is 22.2 Å². The molecule has 0 radical (unpaired) electrons. The molecule has 2 aliphatic heterocycles. The number of benzene rings is 1. The van der Waals surface area contributed by atoms with Crippen molar-refractivity contribution in [2.75, 3.05) is 26.0 Å². The molecule has 0 saturated carbocycles. The van der Waals surface area contributed by atoms with Gasteiger partial charge in [0.15, 0.2) is 5.76 Å². The molecule has 1 aromatic carbocycles. The molecule has 2 fully saturated rings. The fraction of sp³-hybridized carbons (Fsp3) is 0.455. The molecule has 3 aromatic rings. The Morgan fingerprint density at radius 3 is 2.75 bits per heavy atom. The highest BCUT2D eigenvalue weighted by atomic mass is 19.1. The van der Waals surface area contributed by atoms with Gasteiger partial charge >= 0.3 is 0 Å². The van der Waals surface area contributed by atoms with E-state index in [0.29, 0.717) is 40.6 Å². The van der Waals surface area contributed by atoms with E-state index in [4.69, 9.17) is 4.42 Å². The lowest BCUT2D eigenvalue weighted by Gasteiger charge is -2.38. The minimum Gasteiger partial charge on any atom is -0.507 e. The number of phenolic OH excluding ortho intramolecular Hbond substituents is 1. The zero-order valence-corrected chi connectivity index (χ0v) is 18.1. The summed E-state index contributed by atoms with van der Waals surface area (Å²) in [7, 11) is 5.06. The molecule has 1 amide bonds. The maximum Gasteiger partial charge on any atom is 0.289 e. The third kappa shape index (κ3) is 3.44. The predicted octanol–water partition coefficient (Wildman–Crippen LogP) is 2.36. The van der Waals surface area contributed by atoms with E-state index in [1.165, 1.54) is 17.2 Å². The normalized spacial score (nSPS) is 24.6. The summed E-state index contributed by atoms with van der Waals surface area (Å²) in [5.41, 5.74) is 1.17. The first kappa shape index (κ1) is 20.6. The number of piperidine rings is 1. The van der Waals surface area contributed by atoms with Crippen molar-refractivity contribution in [3.8, 4) is 17.0 Å². The summed E-state index contributed by atoms with van der Waals surface area (Å²) in [6.07, 6.45) is 3.04. The van der Waals surface area contributed by atoms with E-state index in [0.717, 1.165) is 12.8 Å². The summed E-state index contributed by atoms with van der Waals surface area (Å²) >= 11 is 0. The van der Waals surface area contributed by atoms with Crippen molar-refractivity contribution in [1.29, 1.82) is 0 Å². The maximum absolute atomic E-state index is 14.9. The number of fused-ring (bicyclic) bond motifs is 3. The van der Waals surface area contributed by atoms with Crippen LogP contribution < -0.4 is 10.2 Å². The van der Waals surface area contributed by atoms with Crippen molar-refractivity contribution < 1.29 is 18.7 Å². The highest BCUT2D eigenvalue weighted by molar-refractivity contribution is 5.97. The Morgan fingerprint density at radius 2 is 2.03 bits per heavy atom. The quantitative estimate of drug-likeness (QED) is 0.637. The molecule has 0 spiro atoms. The van der Waals surface area contributed by atoms with Gasteiger partial charge in [-0.2, -0.15) is 0 Å². The maximum atomic E-state index is 14.9. The van der Waals surface area contributed by atoms with Crippen LogP contribution in [0.4, 0.5) is 10.3 Å². The van der Waals surface area contributed by atoms with Gasteiger partial charge in [0.05, 0.1) is 12.2 Å². The summed E-state index contributed by atoms with van der Waals surface area (Å²) in [5, 5.41) is 22.8. The van der Waals surface area contributed by atoms with E-state index < -0.39 is 6.17 Å². The molecule has 0 aliphatic carbocycles. The summed E-state index contributed by atoms with van der Waals surface area (Å²) in [6, 6.07) is 4.61. The predicted molar refractivity (Wildman–Crippen MR) is 116 cm³/mol. The second-order valence-corrected chi connectivity index (χ2v) is 8.77. The molecule has 168 valence electrons. The molecule has 32 heavy (non-hydrogen) atoms. The SMILES string of the molecule is CN(C)C(=O)c1cc2cc(O)c(-c3cnc(N(C)[C@H]4C[C@@H]5CC[C@@H](N5)[C@H]4F)nn3)cc2o1. The van der Waals surface area contributed by atoms with Gasteiger partial charge in [0, 0.05) is 44.2 Å². The summed E-state index contributed by atoms with van der Waals surface area (Å²) < 4.78 is 20.5. The van der Waals surface area contributed by atoms with Gasteiger partial charge in [0.2, 0.25) is 5.95 Å². The van der Waals surface area contributed by atoms with E-state index in [1.807, 2.05) is 0 Å². The van der Waals surface area contributed by atoms with Crippen molar-refractivity contribution in [3.05, 3.63) is 30.2 Å². The molecule has 0 unspecified atom stereocenters. The second-order valence-electron chi connectivity index (χ2n) is 8.77. The van der Waals surface area contributed by atoms with Crippen LogP contribution in [0.2, 0.25) is 0 Å². The van der Waals surface area contributed by atoms with Crippen LogP contribution in [-0.2, 0) is 0 Å². The van der Waals surface area contributed by atoms with Crippen LogP contribution in [0.3, 0.4) is 0 Å². The lowest BCUT2D eigenvalue weighted by Crippen LogP contribution is -2.55. The second kappa shape index (κ2) is 7.70. The number of anilines is 1. The van der Waals surface area contributed by atoms with Gasteiger partial charge in [0.25, 0.3) is 5.91 Å². The number of aromatic hydroxyl groups is 1. The van der Waals surface area contributed by atoms with Gasteiger partial charge in [-0.25, -0.2) is 9.37 Å². The number of rotatable bonds is 4. The van der Waals surface area contributed by atoms with Gasteiger partial charge in [-0.15, -0.1) is 10.2 Å². The number of furan rings is 1. The molecule has 2 N–H and O–H groups in total. The van der Waals surface area contributed by atoms with Crippen molar-refractivity contribution in [2.24, 2.45) is 0 Å². The molecule has 5 rings (SSSR count). The fourth-order valence-electron chi connectivity index (χ4n) is 4.66. The molecule has 2 saturated heterocycles. The van der Waals surface area contributed by atoms with Gasteiger partial charge in [-0.1, -0.05) is 0 Å². The number of carbonyl (C=O) groups is 1. The number of halogens is 1. The third-order valence-electron chi connectivity index (χ3n) is 6.44. The number of aromatic nitrogens is 3. The van der Waals surface area contributed by atoms with E-state index in [2.05, 4.69) is 20.5 Å². The van der Waals surface area contributed by atoms with Crippen LogP contribution >= 0.6 is 0 Å². The molecule has 2 aliphatic rings. The highest BCUT2D eigenvalue weighted by Gasteiger charge is 2.44. The lowest BCUT2D eigenvalue weighted by atomic mass is 9.97. The smallest absolute Gasteiger partial charge is 0.289 e. The minimum absolute atomic E-state index is 0.0295. The average molecular weight is 440 g/mol. The van der Waals surface area contributed by atoms with Crippen molar-refractivity contribution in [1.82, 2.24) is 25.4 Å². The van der Waals surface area contributed by atoms with Crippen LogP contribution in [0.5, 0.6) is 5.75 Å².